The van der Waals surface area contributed by atoms with Gasteiger partial charge in [0.05, 0.1) is 11.6 Å². The number of nitrogens with two attached hydrogens (primary N) is 1. The first-order valence-corrected chi connectivity index (χ1v) is 6.15. The van der Waals surface area contributed by atoms with E-state index in [0.717, 1.165) is 0 Å². The minimum atomic E-state index is -1.12. The zero-order valence-electron chi connectivity index (χ0n) is 11.3. The Balaban J connectivity index is 2.95. The van der Waals surface area contributed by atoms with Crippen LogP contribution < -0.4 is 11.1 Å². The minimum Gasteiger partial charge on any atom is -0.478 e. The lowest BCUT2D eigenvalue weighted by Crippen LogP contribution is -2.41. The number of benzene rings is 1. The summed E-state index contributed by atoms with van der Waals surface area (Å²) >= 11 is 0. The van der Waals surface area contributed by atoms with Crippen LogP contribution >= 0.6 is 0 Å². The van der Waals surface area contributed by atoms with Crippen LogP contribution in [-0.2, 0) is 4.79 Å². The summed E-state index contributed by atoms with van der Waals surface area (Å²) in [6, 6.07) is 5.05. The number of hydrogen-bond donors (Lipinski definition) is 3. The molecular formula is C15H16N2O4. The molecule has 1 aromatic carbocycles. The second-order valence-electron chi connectivity index (χ2n) is 4.15. The highest BCUT2D eigenvalue weighted by atomic mass is 16.4. The number of amides is 1. The molecule has 4 N–H and O–H groups in total. The Morgan fingerprint density at radius 1 is 1.38 bits per heavy atom. The Morgan fingerprint density at radius 2 is 2.05 bits per heavy atom. The van der Waals surface area contributed by atoms with Gasteiger partial charge in [0.15, 0.2) is 0 Å². The van der Waals surface area contributed by atoms with Gasteiger partial charge < -0.3 is 16.2 Å². The fraction of sp³-hybridized carbons (Fsp3) is 0.133. The SMILES string of the molecule is C=C/C(=C\C=O)[C@@H](CN)NC(=O)c1cccc(C(=O)O)c1. The standard InChI is InChI=1S/C15H16N2O4/c1-2-10(6-7-18)13(9-16)17-14(19)11-4-3-5-12(8-11)15(20)21/h2-8,13H,1,9,16H2,(H,17,19)(H,20,21)/b10-6+/t13-/m1/s1. The maximum atomic E-state index is 12.1. The van der Waals surface area contributed by atoms with Crippen LogP contribution in [0.4, 0.5) is 0 Å². The van der Waals surface area contributed by atoms with Crippen molar-refractivity contribution >= 4 is 18.2 Å². The van der Waals surface area contributed by atoms with Crippen molar-refractivity contribution in [1.29, 1.82) is 0 Å². The van der Waals surface area contributed by atoms with Gasteiger partial charge in [-0.05, 0) is 29.8 Å². The summed E-state index contributed by atoms with van der Waals surface area (Å²) in [7, 11) is 0. The monoisotopic (exact) mass is 288 g/mol. The molecule has 1 atom stereocenters. The molecule has 0 saturated carbocycles. The number of carboxylic acids is 1. The first-order chi connectivity index (χ1) is 10.0. The molecule has 110 valence electrons. The average molecular weight is 288 g/mol. The van der Waals surface area contributed by atoms with E-state index >= 15 is 0 Å². The van der Waals surface area contributed by atoms with Crippen molar-refractivity contribution in [2.45, 2.75) is 6.04 Å². The van der Waals surface area contributed by atoms with Gasteiger partial charge >= 0.3 is 5.97 Å². The highest BCUT2D eigenvalue weighted by Gasteiger charge is 2.16. The van der Waals surface area contributed by atoms with E-state index in [4.69, 9.17) is 10.8 Å². The van der Waals surface area contributed by atoms with Crippen molar-refractivity contribution in [2.75, 3.05) is 6.54 Å². The van der Waals surface area contributed by atoms with Gasteiger partial charge in [0.1, 0.15) is 6.29 Å². The smallest absolute Gasteiger partial charge is 0.335 e. The fourth-order valence-electron chi connectivity index (χ4n) is 1.72. The van der Waals surface area contributed by atoms with Gasteiger partial charge in [-0.1, -0.05) is 18.7 Å². The van der Waals surface area contributed by atoms with Crippen molar-refractivity contribution in [3.8, 4) is 0 Å². The molecule has 0 aliphatic carbocycles. The van der Waals surface area contributed by atoms with E-state index in [1.165, 1.54) is 36.4 Å². The number of carbonyl (C=O) groups excluding carboxylic acids is 2. The summed E-state index contributed by atoms with van der Waals surface area (Å²) in [5, 5.41) is 11.5. The molecule has 0 saturated heterocycles. The van der Waals surface area contributed by atoms with E-state index in [2.05, 4.69) is 11.9 Å². The van der Waals surface area contributed by atoms with Gasteiger partial charge in [-0.25, -0.2) is 4.79 Å². The van der Waals surface area contributed by atoms with Gasteiger partial charge in [0.25, 0.3) is 5.91 Å². The molecule has 0 bridgehead atoms. The first-order valence-electron chi connectivity index (χ1n) is 6.15. The molecule has 0 spiro atoms. The predicted octanol–water partition coefficient (Wildman–Crippen LogP) is 0.753. The molecule has 6 nitrogen and oxygen atoms in total. The molecule has 0 heterocycles. The topological polar surface area (TPSA) is 109 Å². The largest absolute Gasteiger partial charge is 0.478 e. The molecule has 6 heteroatoms. The van der Waals surface area contributed by atoms with Crippen LogP contribution in [-0.4, -0.2) is 35.9 Å². The highest BCUT2D eigenvalue weighted by Crippen LogP contribution is 2.08. The van der Waals surface area contributed by atoms with Gasteiger partial charge in [-0.3, -0.25) is 9.59 Å². The van der Waals surface area contributed by atoms with Crippen molar-refractivity contribution in [3.05, 3.63) is 59.7 Å². The fourth-order valence-corrected chi connectivity index (χ4v) is 1.72. The lowest BCUT2D eigenvalue weighted by Gasteiger charge is -2.17. The number of aromatic carboxylic acids is 1. The van der Waals surface area contributed by atoms with Crippen LogP contribution in [0.5, 0.6) is 0 Å². The summed E-state index contributed by atoms with van der Waals surface area (Å²) in [6.45, 7) is 3.63. The second-order valence-corrected chi connectivity index (χ2v) is 4.15. The molecule has 21 heavy (non-hydrogen) atoms. The molecule has 1 rings (SSSR count). The van der Waals surface area contributed by atoms with Crippen LogP contribution in [0.1, 0.15) is 20.7 Å². The van der Waals surface area contributed by atoms with Gasteiger partial charge in [-0.2, -0.15) is 0 Å². The van der Waals surface area contributed by atoms with Gasteiger partial charge in [0.2, 0.25) is 0 Å². The maximum Gasteiger partial charge on any atom is 0.335 e. The first kappa shape index (κ1) is 16.3. The minimum absolute atomic E-state index is 0.0133. The Hall–Kier alpha value is -2.73. The number of nitrogens with one attached hydrogen (secondary N) is 1. The van der Waals surface area contributed by atoms with E-state index < -0.39 is 17.9 Å². The Labute approximate surface area is 122 Å². The highest BCUT2D eigenvalue weighted by molar-refractivity contribution is 5.97. The normalized spacial score (nSPS) is 12.3. The molecule has 0 aliphatic rings. The second kappa shape index (κ2) is 7.76. The van der Waals surface area contributed by atoms with E-state index in [1.54, 1.807) is 0 Å². The quantitative estimate of drug-likeness (QED) is 0.390. The molecule has 0 radical (unpaired) electrons. The molecule has 0 aliphatic heterocycles. The van der Waals surface area contributed by atoms with Crippen molar-refractivity contribution < 1.29 is 19.5 Å². The Kier molecular flexibility index (Phi) is 6.03. The zero-order valence-corrected chi connectivity index (χ0v) is 11.3. The number of carboxylic acid groups (broad SMARTS) is 1. The maximum absolute atomic E-state index is 12.1. The summed E-state index contributed by atoms with van der Waals surface area (Å²) in [5.41, 5.74) is 6.26. The average Bonchev–Trinajstić information content (AvgIpc) is 2.50. The number of hydrogen-bond acceptors (Lipinski definition) is 4. The lowest BCUT2D eigenvalue weighted by atomic mass is 10.1. The zero-order chi connectivity index (χ0) is 15.8. The molecule has 1 amide bonds. The van der Waals surface area contributed by atoms with E-state index in [1.807, 2.05) is 0 Å². The number of carbonyl (C=O) groups is 3. The van der Waals surface area contributed by atoms with Crippen LogP contribution in [0.3, 0.4) is 0 Å². The summed E-state index contributed by atoms with van der Waals surface area (Å²) < 4.78 is 0. The number of allylic oxidation sites excluding steroid dienone is 1. The lowest BCUT2D eigenvalue weighted by molar-refractivity contribution is -0.104. The van der Waals surface area contributed by atoms with Crippen molar-refractivity contribution in [3.63, 3.8) is 0 Å². The van der Waals surface area contributed by atoms with Crippen LogP contribution in [0.25, 0.3) is 0 Å². The Bertz CT molecular complexity index is 593. The van der Waals surface area contributed by atoms with E-state index in [9.17, 15) is 14.4 Å². The van der Waals surface area contributed by atoms with Crippen molar-refractivity contribution in [2.24, 2.45) is 5.73 Å². The predicted molar refractivity (Wildman–Crippen MR) is 78.1 cm³/mol. The molecule has 0 fully saturated rings. The van der Waals surface area contributed by atoms with E-state index in [-0.39, 0.29) is 17.7 Å². The molecule has 1 aromatic rings. The third kappa shape index (κ3) is 4.39. The summed E-state index contributed by atoms with van der Waals surface area (Å²) in [5.74, 6) is -1.60. The molecule has 0 aromatic heterocycles. The molecular weight excluding hydrogens is 272 g/mol. The van der Waals surface area contributed by atoms with E-state index in [0.29, 0.717) is 11.9 Å². The van der Waals surface area contributed by atoms with Crippen LogP contribution in [0.15, 0.2) is 48.6 Å². The summed E-state index contributed by atoms with van der Waals surface area (Å²) in [4.78, 5) is 33.5. The number of rotatable bonds is 7. The third-order valence-electron chi connectivity index (χ3n) is 2.81. The van der Waals surface area contributed by atoms with Gasteiger partial charge in [-0.15, -0.1) is 0 Å². The van der Waals surface area contributed by atoms with Crippen LogP contribution in [0.2, 0.25) is 0 Å². The van der Waals surface area contributed by atoms with Crippen LogP contribution in [0, 0.1) is 0 Å². The summed E-state index contributed by atoms with van der Waals surface area (Å²) in [6.07, 6.45) is 3.27. The van der Waals surface area contributed by atoms with Gasteiger partial charge in [0, 0.05) is 12.1 Å². The molecule has 0 unspecified atom stereocenters. The van der Waals surface area contributed by atoms with Crippen molar-refractivity contribution in [1.82, 2.24) is 5.32 Å². The Morgan fingerprint density at radius 3 is 2.57 bits per heavy atom. The third-order valence-corrected chi connectivity index (χ3v) is 2.81. The number of aldehydes is 1.